The summed E-state index contributed by atoms with van der Waals surface area (Å²) in [5.41, 5.74) is 3.94. The minimum Gasteiger partial charge on any atom is -0.444 e. The Labute approximate surface area is 279 Å². The lowest BCUT2D eigenvalue weighted by Gasteiger charge is -2.27. The highest BCUT2D eigenvalue weighted by atomic mass is 16.6. The van der Waals surface area contributed by atoms with Gasteiger partial charge in [-0.3, -0.25) is 9.80 Å². The van der Waals surface area contributed by atoms with E-state index in [0.29, 0.717) is 42.7 Å². The maximum absolute atomic E-state index is 12.8. The zero-order valence-corrected chi connectivity index (χ0v) is 28.3. The molecule has 13 heteroatoms. The first-order valence-electron chi connectivity index (χ1n) is 16.6. The van der Waals surface area contributed by atoms with Gasteiger partial charge in [-0.2, -0.15) is 0 Å². The van der Waals surface area contributed by atoms with Crippen molar-refractivity contribution in [2.24, 2.45) is 0 Å². The van der Waals surface area contributed by atoms with Crippen molar-refractivity contribution in [3.05, 3.63) is 59.4 Å². The lowest BCUT2D eigenvalue weighted by Crippen LogP contribution is -2.36. The van der Waals surface area contributed by atoms with Crippen molar-refractivity contribution < 1.29 is 23.8 Å². The van der Waals surface area contributed by atoms with Crippen LogP contribution in [-0.2, 0) is 15.9 Å². The Bertz CT molecular complexity index is 1720. The standard InChI is InChI=1S/C35H42N8O5/c1-34(2,3)47-32(44)42-13-7-9-26(42)29-36-18-24(38-29)20-11-12-21-15-22-16-23(40-41-31(22)46-28(21)17-20)25-19-37-30(39-25)27-10-8-14-43(27)33(45)48-35(4,5)6/h11-12,16-19,26-27H,7-10,13-15H2,1-6H3,(H,36,38)(H,37,39)/t26-,27-/m0/s1. The molecule has 48 heavy (non-hydrogen) atoms. The molecule has 2 saturated heterocycles. The van der Waals surface area contributed by atoms with Crippen molar-refractivity contribution in [1.29, 1.82) is 0 Å². The van der Waals surface area contributed by atoms with Crippen molar-refractivity contribution in [3.8, 4) is 34.3 Å². The third-order valence-corrected chi connectivity index (χ3v) is 8.66. The van der Waals surface area contributed by atoms with Crippen LogP contribution in [0.15, 0.2) is 36.7 Å². The van der Waals surface area contributed by atoms with Crippen LogP contribution in [0.3, 0.4) is 0 Å². The predicted octanol–water partition coefficient (Wildman–Crippen LogP) is 7.10. The number of carbonyl (C=O) groups is 2. The van der Waals surface area contributed by atoms with Gasteiger partial charge in [0.15, 0.2) is 0 Å². The van der Waals surface area contributed by atoms with Crippen molar-refractivity contribution >= 4 is 12.2 Å². The highest BCUT2D eigenvalue weighted by molar-refractivity contribution is 5.70. The van der Waals surface area contributed by atoms with Gasteiger partial charge in [-0.25, -0.2) is 19.6 Å². The van der Waals surface area contributed by atoms with Gasteiger partial charge in [0.25, 0.3) is 0 Å². The smallest absolute Gasteiger partial charge is 0.410 e. The molecule has 1 aromatic carbocycles. The van der Waals surface area contributed by atoms with Crippen LogP contribution in [0.4, 0.5) is 9.59 Å². The number of amides is 2. The Morgan fingerprint density at radius 1 is 0.792 bits per heavy atom. The number of hydrogen-bond donors (Lipinski definition) is 2. The summed E-state index contributed by atoms with van der Waals surface area (Å²) < 4.78 is 17.5. The van der Waals surface area contributed by atoms with Crippen LogP contribution in [-0.4, -0.2) is 76.4 Å². The fourth-order valence-corrected chi connectivity index (χ4v) is 6.50. The number of aromatic nitrogens is 6. The van der Waals surface area contributed by atoms with Crippen LogP contribution in [0, 0.1) is 0 Å². The van der Waals surface area contributed by atoms with E-state index in [4.69, 9.17) is 14.2 Å². The number of imidazole rings is 2. The van der Waals surface area contributed by atoms with E-state index < -0.39 is 11.2 Å². The van der Waals surface area contributed by atoms with E-state index in [1.54, 1.807) is 22.2 Å². The molecule has 0 radical (unpaired) electrons. The number of H-pyrrole nitrogens is 2. The van der Waals surface area contributed by atoms with E-state index in [9.17, 15) is 9.59 Å². The minimum absolute atomic E-state index is 0.160. The molecular weight excluding hydrogens is 612 g/mol. The van der Waals surface area contributed by atoms with Gasteiger partial charge in [-0.15, -0.1) is 10.2 Å². The first-order valence-corrected chi connectivity index (χ1v) is 16.6. The van der Waals surface area contributed by atoms with Crippen LogP contribution >= 0.6 is 0 Å². The van der Waals surface area contributed by atoms with Gasteiger partial charge in [0, 0.05) is 30.6 Å². The molecule has 2 N–H and O–H groups in total. The summed E-state index contributed by atoms with van der Waals surface area (Å²) in [5, 5.41) is 8.86. The average molecular weight is 655 g/mol. The van der Waals surface area contributed by atoms with Gasteiger partial charge in [0.2, 0.25) is 5.88 Å². The van der Waals surface area contributed by atoms with Crippen LogP contribution in [0.25, 0.3) is 22.6 Å². The zero-order chi connectivity index (χ0) is 33.8. The van der Waals surface area contributed by atoms with Gasteiger partial charge in [0.05, 0.1) is 35.9 Å². The maximum Gasteiger partial charge on any atom is 0.410 e. The van der Waals surface area contributed by atoms with Gasteiger partial charge in [-0.05, 0) is 84.9 Å². The first kappa shape index (κ1) is 31.6. The number of fused-ring (bicyclic) bond motifs is 2. The Balaban J connectivity index is 1.05. The molecule has 7 rings (SSSR count). The minimum atomic E-state index is -0.565. The second kappa shape index (κ2) is 11.9. The van der Waals surface area contributed by atoms with E-state index in [-0.39, 0.29) is 24.3 Å². The summed E-state index contributed by atoms with van der Waals surface area (Å²) in [7, 11) is 0. The highest BCUT2D eigenvalue weighted by Gasteiger charge is 2.36. The number of carbonyl (C=O) groups excluding carboxylic acids is 2. The van der Waals surface area contributed by atoms with E-state index in [2.05, 4.69) is 36.2 Å². The van der Waals surface area contributed by atoms with E-state index in [0.717, 1.165) is 59.6 Å². The lowest BCUT2D eigenvalue weighted by molar-refractivity contribution is 0.0208. The topological polar surface area (TPSA) is 151 Å². The van der Waals surface area contributed by atoms with E-state index >= 15 is 0 Å². The summed E-state index contributed by atoms with van der Waals surface area (Å²) >= 11 is 0. The van der Waals surface area contributed by atoms with Crippen LogP contribution in [0.2, 0.25) is 0 Å². The summed E-state index contributed by atoms with van der Waals surface area (Å²) in [6, 6.07) is 7.69. The van der Waals surface area contributed by atoms with Crippen LogP contribution in [0.5, 0.6) is 11.6 Å². The molecule has 252 valence electrons. The highest BCUT2D eigenvalue weighted by Crippen LogP contribution is 2.39. The number of nitrogens with one attached hydrogen (secondary N) is 2. The zero-order valence-electron chi connectivity index (χ0n) is 28.3. The summed E-state index contributed by atoms with van der Waals surface area (Å²) in [6.07, 6.45) is 6.91. The molecule has 3 aliphatic rings. The van der Waals surface area contributed by atoms with Gasteiger partial charge in [-0.1, -0.05) is 12.1 Å². The molecule has 0 aliphatic carbocycles. The van der Waals surface area contributed by atoms with Gasteiger partial charge >= 0.3 is 12.2 Å². The second-order valence-corrected chi connectivity index (χ2v) is 14.7. The second-order valence-electron chi connectivity index (χ2n) is 14.7. The molecule has 2 amide bonds. The Kier molecular flexibility index (Phi) is 7.87. The average Bonchev–Trinajstić information content (AvgIpc) is 3.83. The Morgan fingerprint density at radius 3 is 1.98 bits per heavy atom. The predicted molar refractivity (Wildman–Crippen MR) is 176 cm³/mol. The molecule has 0 saturated carbocycles. The quantitative estimate of drug-likeness (QED) is 0.207. The third-order valence-electron chi connectivity index (χ3n) is 8.66. The molecule has 6 heterocycles. The van der Waals surface area contributed by atoms with Crippen molar-refractivity contribution in [1.82, 2.24) is 39.9 Å². The summed E-state index contributed by atoms with van der Waals surface area (Å²) in [6.45, 7) is 12.5. The number of aromatic amines is 2. The molecule has 3 aliphatic heterocycles. The lowest BCUT2D eigenvalue weighted by atomic mass is 9.99. The normalized spacial score (nSPS) is 19.1. The fraction of sp³-hybridized carbons (Fsp3) is 0.486. The molecule has 2 atom stereocenters. The van der Waals surface area contributed by atoms with Gasteiger partial charge in [0.1, 0.15) is 34.3 Å². The molecule has 0 bridgehead atoms. The van der Waals surface area contributed by atoms with Crippen LogP contribution in [0.1, 0.15) is 102 Å². The molecular formula is C35H42N8O5. The van der Waals surface area contributed by atoms with Crippen molar-refractivity contribution in [3.63, 3.8) is 0 Å². The number of rotatable bonds is 4. The van der Waals surface area contributed by atoms with Crippen LogP contribution < -0.4 is 4.74 Å². The fourth-order valence-electron chi connectivity index (χ4n) is 6.50. The Hall–Kier alpha value is -4.94. The molecule has 2 fully saturated rings. The SMILES string of the molecule is CC(C)(C)OC(=O)N1CCC[C@H]1c1ncc(-c2ccc3c(c2)Oc2nnc(-c4cnc([C@@H]5CCCN5C(=O)OC(C)(C)C)[nH]4)cc2C3)[nH]1. The van der Waals surface area contributed by atoms with Crippen molar-refractivity contribution in [2.45, 2.75) is 96.9 Å². The molecule has 3 aromatic heterocycles. The molecule has 0 unspecified atom stereocenters. The number of likely N-dealkylation sites (tertiary alicyclic amines) is 2. The number of benzene rings is 1. The Morgan fingerprint density at radius 2 is 1.38 bits per heavy atom. The number of ether oxygens (including phenoxy) is 3. The van der Waals surface area contributed by atoms with E-state index in [1.165, 1.54) is 0 Å². The number of nitrogens with zero attached hydrogens (tertiary/aromatic N) is 6. The van der Waals surface area contributed by atoms with Gasteiger partial charge < -0.3 is 24.2 Å². The molecule has 13 nitrogen and oxygen atoms in total. The van der Waals surface area contributed by atoms with E-state index in [1.807, 2.05) is 59.7 Å². The maximum atomic E-state index is 12.8. The molecule has 0 spiro atoms. The number of hydrogen-bond acceptors (Lipinski definition) is 9. The third kappa shape index (κ3) is 6.45. The monoisotopic (exact) mass is 654 g/mol. The molecule has 4 aromatic rings. The van der Waals surface area contributed by atoms with Crippen molar-refractivity contribution in [2.75, 3.05) is 13.1 Å². The first-order chi connectivity index (χ1) is 22.8. The largest absolute Gasteiger partial charge is 0.444 e. The summed E-state index contributed by atoms with van der Waals surface area (Å²) in [5.74, 6) is 2.61. The summed E-state index contributed by atoms with van der Waals surface area (Å²) in [4.78, 5) is 45.2.